The number of carbonyl (C=O) groups excluding carboxylic acids is 1. The van der Waals surface area contributed by atoms with Crippen molar-refractivity contribution in [2.75, 3.05) is 18.5 Å². The van der Waals surface area contributed by atoms with Crippen molar-refractivity contribution in [3.63, 3.8) is 0 Å². The summed E-state index contributed by atoms with van der Waals surface area (Å²) in [4.78, 5) is 22.3. The molecule has 2 rings (SSSR count). The van der Waals surface area contributed by atoms with Gasteiger partial charge in [-0.25, -0.2) is 5.43 Å². The number of anilines is 1. The number of hydrogen-bond donors (Lipinski definition) is 2. The SMILES string of the molecule is CCOc1ccc(NCC(=O)N/N=C\c2ccc([N+](=O)[O-])s2)cc1. The first-order valence-electron chi connectivity index (χ1n) is 7.11. The summed E-state index contributed by atoms with van der Waals surface area (Å²) in [6, 6.07) is 10.2. The van der Waals surface area contributed by atoms with Gasteiger partial charge in [-0.2, -0.15) is 5.10 Å². The fraction of sp³-hybridized carbons (Fsp3) is 0.200. The smallest absolute Gasteiger partial charge is 0.324 e. The summed E-state index contributed by atoms with van der Waals surface area (Å²) in [5, 5.41) is 17.3. The maximum absolute atomic E-state index is 11.7. The summed E-state index contributed by atoms with van der Waals surface area (Å²) < 4.78 is 5.33. The van der Waals surface area contributed by atoms with Gasteiger partial charge in [0.05, 0.1) is 29.2 Å². The van der Waals surface area contributed by atoms with Crippen molar-refractivity contribution in [1.82, 2.24) is 5.43 Å². The number of rotatable bonds is 8. The van der Waals surface area contributed by atoms with Gasteiger partial charge in [0.15, 0.2) is 0 Å². The van der Waals surface area contributed by atoms with Crippen LogP contribution >= 0.6 is 11.3 Å². The highest BCUT2D eigenvalue weighted by molar-refractivity contribution is 7.16. The van der Waals surface area contributed by atoms with E-state index in [0.717, 1.165) is 22.8 Å². The molecule has 2 aromatic rings. The van der Waals surface area contributed by atoms with Crippen molar-refractivity contribution >= 4 is 34.1 Å². The maximum atomic E-state index is 11.7. The average Bonchev–Trinajstić information content (AvgIpc) is 3.04. The van der Waals surface area contributed by atoms with E-state index >= 15 is 0 Å². The summed E-state index contributed by atoms with van der Waals surface area (Å²) in [5.41, 5.74) is 3.14. The Bertz CT molecular complexity index is 727. The molecule has 24 heavy (non-hydrogen) atoms. The zero-order valence-electron chi connectivity index (χ0n) is 12.9. The van der Waals surface area contributed by atoms with Crippen LogP contribution in [0.15, 0.2) is 41.5 Å². The molecule has 0 spiro atoms. The Labute approximate surface area is 142 Å². The van der Waals surface area contributed by atoms with Gasteiger partial charge in [0.25, 0.3) is 5.91 Å². The highest BCUT2D eigenvalue weighted by atomic mass is 32.1. The number of ether oxygens (including phenoxy) is 1. The molecule has 1 amide bonds. The number of nitrogens with zero attached hydrogens (tertiary/aromatic N) is 2. The quantitative estimate of drug-likeness (QED) is 0.433. The molecule has 0 atom stereocenters. The van der Waals surface area contributed by atoms with Gasteiger partial charge in [0.1, 0.15) is 5.75 Å². The van der Waals surface area contributed by atoms with E-state index in [9.17, 15) is 14.9 Å². The van der Waals surface area contributed by atoms with Gasteiger partial charge in [-0.05, 0) is 37.3 Å². The van der Waals surface area contributed by atoms with E-state index in [1.165, 1.54) is 12.3 Å². The lowest BCUT2D eigenvalue weighted by Gasteiger charge is -2.07. The standard InChI is InChI=1S/C15H16N4O4S/c1-2-23-12-5-3-11(4-6-12)16-10-14(20)18-17-9-13-7-8-15(24-13)19(21)22/h3-9,16H,2,10H2,1H3,(H,18,20)/b17-9-. The summed E-state index contributed by atoms with van der Waals surface area (Å²) in [5.74, 6) is 0.438. The Kier molecular flexibility index (Phi) is 6.26. The Balaban J connectivity index is 1.76. The normalized spacial score (nSPS) is 10.5. The molecule has 2 N–H and O–H groups in total. The zero-order chi connectivity index (χ0) is 17.4. The number of nitrogens with one attached hydrogen (secondary N) is 2. The minimum Gasteiger partial charge on any atom is -0.494 e. The molecule has 0 fully saturated rings. The van der Waals surface area contributed by atoms with E-state index in [0.29, 0.717) is 11.5 Å². The summed E-state index contributed by atoms with van der Waals surface area (Å²) in [6.07, 6.45) is 1.37. The van der Waals surface area contributed by atoms with Gasteiger partial charge in [0.2, 0.25) is 0 Å². The molecule has 0 aliphatic carbocycles. The molecule has 0 saturated heterocycles. The molecule has 1 heterocycles. The summed E-state index contributed by atoms with van der Waals surface area (Å²) in [7, 11) is 0. The number of hydrazone groups is 1. The van der Waals surface area contributed by atoms with Crippen molar-refractivity contribution in [2.24, 2.45) is 5.10 Å². The Morgan fingerprint density at radius 3 is 2.71 bits per heavy atom. The van der Waals surface area contributed by atoms with Crippen LogP contribution in [0.3, 0.4) is 0 Å². The second-order valence-corrected chi connectivity index (χ2v) is 5.63. The van der Waals surface area contributed by atoms with E-state index in [4.69, 9.17) is 4.74 Å². The van der Waals surface area contributed by atoms with Crippen molar-refractivity contribution < 1.29 is 14.5 Å². The van der Waals surface area contributed by atoms with Crippen molar-refractivity contribution in [2.45, 2.75) is 6.92 Å². The first-order chi connectivity index (χ1) is 11.6. The fourth-order valence-corrected chi connectivity index (χ4v) is 2.43. The molecule has 9 heteroatoms. The molecule has 1 aromatic heterocycles. The number of nitro groups is 1. The highest BCUT2D eigenvalue weighted by Gasteiger charge is 2.08. The van der Waals surface area contributed by atoms with E-state index in [1.54, 1.807) is 6.07 Å². The van der Waals surface area contributed by atoms with Gasteiger partial charge >= 0.3 is 5.00 Å². The van der Waals surface area contributed by atoms with E-state index < -0.39 is 4.92 Å². The molecule has 0 unspecified atom stereocenters. The second-order valence-electron chi connectivity index (χ2n) is 4.54. The molecule has 8 nitrogen and oxygen atoms in total. The lowest BCUT2D eigenvalue weighted by molar-refractivity contribution is -0.380. The Hall–Kier alpha value is -2.94. The second kappa shape index (κ2) is 8.63. The molecule has 0 saturated carbocycles. The average molecular weight is 348 g/mol. The number of hydrogen-bond acceptors (Lipinski definition) is 7. The number of carbonyl (C=O) groups is 1. The molecule has 1 aromatic carbocycles. The van der Waals surface area contributed by atoms with Gasteiger partial charge in [-0.3, -0.25) is 14.9 Å². The summed E-state index contributed by atoms with van der Waals surface area (Å²) in [6.45, 7) is 2.56. The third-order valence-electron chi connectivity index (χ3n) is 2.79. The van der Waals surface area contributed by atoms with Gasteiger partial charge < -0.3 is 10.1 Å². The highest BCUT2D eigenvalue weighted by Crippen LogP contribution is 2.22. The monoisotopic (exact) mass is 348 g/mol. The number of amides is 1. The third kappa shape index (κ3) is 5.36. The van der Waals surface area contributed by atoms with Crippen molar-refractivity contribution in [3.05, 3.63) is 51.4 Å². The molecular weight excluding hydrogens is 332 g/mol. The minimum atomic E-state index is -0.471. The minimum absolute atomic E-state index is 0.0277. The van der Waals surface area contributed by atoms with E-state index in [1.807, 2.05) is 31.2 Å². The van der Waals surface area contributed by atoms with Crippen LogP contribution in [0, 0.1) is 10.1 Å². The zero-order valence-corrected chi connectivity index (χ0v) is 13.7. The topological polar surface area (TPSA) is 106 Å². The molecule has 126 valence electrons. The predicted molar refractivity (Wildman–Crippen MR) is 92.8 cm³/mol. The van der Waals surface area contributed by atoms with Gasteiger partial charge in [-0.15, -0.1) is 0 Å². The van der Waals surface area contributed by atoms with Crippen LogP contribution in [0.4, 0.5) is 10.7 Å². The first kappa shape index (κ1) is 17.4. The largest absolute Gasteiger partial charge is 0.494 e. The van der Waals surface area contributed by atoms with Crippen molar-refractivity contribution in [1.29, 1.82) is 0 Å². The lowest BCUT2D eigenvalue weighted by atomic mass is 10.3. The lowest BCUT2D eigenvalue weighted by Crippen LogP contribution is -2.25. The molecule has 0 aliphatic heterocycles. The van der Waals surface area contributed by atoms with Crippen LogP contribution in [0.2, 0.25) is 0 Å². The Morgan fingerprint density at radius 2 is 2.08 bits per heavy atom. The van der Waals surface area contributed by atoms with E-state index in [2.05, 4.69) is 15.8 Å². The third-order valence-corrected chi connectivity index (χ3v) is 3.76. The Morgan fingerprint density at radius 1 is 1.33 bits per heavy atom. The van der Waals surface area contributed by atoms with Crippen LogP contribution in [0.25, 0.3) is 0 Å². The van der Waals surface area contributed by atoms with Crippen LogP contribution in [-0.2, 0) is 4.79 Å². The van der Waals surface area contributed by atoms with Crippen molar-refractivity contribution in [3.8, 4) is 5.75 Å². The fourth-order valence-electron chi connectivity index (χ4n) is 1.74. The van der Waals surface area contributed by atoms with Crippen LogP contribution < -0.4 is 15.5 Å². The maximum Gasteiger partial charge on any atom is 0.324 e. The summed E-state index contributed by atoms with van der Waals surface area (Å²) >= 11 is 0.981. The van der Waals surface area contributed by atoms with Gasteiger partial charge in [0, 0.05) is 11.8 Å². The first-order valence-corrected chi connectivity index (χ1v) is 7.93. The molecular formula is C15H16N4O4S. The molecule has 0 radical (unpaired) electrons. The van der Waals surface area contributed by atoms with Gasteiger partial charge in [-0.1, -0.05) is 11.3 Å². The predicted octanol–water partition coefficient (Wildman–Crippen LogP) is 2.62. The van der Waals surface area contributed by atoms with Crippen LogP contribution in [0.5, 0.6) is 5.75 Å². The van der Waals surface area contributed by atoms with Crippen LogP contribution in [0.1, 0.15) is 11.8 Å². The van der Waals surface area contributed by atoms with Crippen LogP contribution in [-0.4, -0.2) is 30.2 Å². The number of benzene rings is 1. The van der Waals surface area contributed by atoms with E-state index in [-0.39, 0.29) is 17.5 Å². The molecule has 0 aliphatic rings. The number of thiophene rings is 1. The molecule has 0 bridgehead atoms.